The molecule has 1 fully saturated rings. The first kappa shape index (κ1) is 24.3. The Morgan fingerprint density at radius 3 is 2.76 bits per heavy atom. The Morgan fingerprint density at radius 1 is 1.19 bits per heavy atom. The molecule has 0 radical (unpaired) electrons. The number of aromatic nitrogens is 4. The first-order valence-corrected chi connectivity index (χ1v) is 11.8. The fraction of sp³-hybridized carbons (Fsp3) is 0.269. The number of piperidine rings is 1. The number of hydrogen-bond donors (Lipinski definition) is 2. The van der Waals surface area contributed by atoms with E-state index in [0.29, 0.717) is 48.4 Å². The van der Waals surface area contributed by atoms with Crippen LogP contribution in [0.1, 0.15) is 24.8 Å². The molecule has 0 saturated carbocycles. The van der Waals surface area contributed by atoms with Crippen LogP contribution in [0.25, 0.3) is 28.4 Å². The number of hydrogen-bond acceptors (Lipinski definition) is 7. The number of likely N-dealkylation sites (tertiary alicyclic amines) is 1. The van der Waals surface area contributed by atoms with Gasteiger partial charge in [-0.25, -0.2) is 23.7 Å². The van der Waals surface area contributed by atoms with Crippen LogP contribution in [0.5, 0.6) is 0 Å². The van der Waals surface area contributed by atoms with Crippen molar-refractivity contribution < 1.29 is 18.7 Å². The predicted octanol–water partition coefficient (Wildman–Crippen LogP) is 3.55. The minimum atomic E-state index is -0.680. The Hall–Kier alpha value is -4.43. The summed E-state index contributed by atoms with van der Waals surface area (Å²) in [5.74, 6) is -1.35. The lowest BCUT2D eigenvalue weighted by Gasteiger charge is -2.33. The maximum Gasteiger partial charge on any atom is 0.236 e. The van der Waals surface area contributed by atoms with Crippen molar-refractivity contribution in [2.24, 2.45) is 0 Å². The van der Waals surface area contributed by atoms with Gasteiger partial charge in [0.15, 0.2) is 17.5 Å². The number of nitrogens with one attached hydrogen (secondary N) is 1. The molecule has 1 atom stereocenters. The summed E-state index contributed by atoms with van der Waals surface area (Å²) in [6.45, 7) is 0.688. The van der Waals surface area contributed by atoms with Crippen LogP contribution in [0, 0.1) is 23.0 Å². The summed E-state index contributed by atoms with van der Waals surface area (Å²) in [5, 5.41) is 21.4. The Kier molecular flexibility index (Phi) is 6.74. The fourth-order valence-corrected chi connectivity index (χ4v) is 4.43. The van der Waals surface area contributed by atoms with E-state index in [9.17, 15) is 14.3 Å². The second-order valence-electron chi connectivity index (χ2n) is 8.79. The Labute approximate surface area is 211 Å². The molecule has 1 aliphatic rings. The van der Waals surface area contributed by atoms with E-state index in [-0.39, 0.29) is 42.3 Å². The van der Waals surface area contributed by atoms with Crippen molar-refractivity contribution in [3.8, 4) is 28.8 Å². The maximum atomic E-state index is 15.8. The monoisotopic (exact) mass is 503 g/mol. The zero-order valence-corrected chi connectivity index (χ0v) is 19.7. The van der Waals surface area contributed by atoms with Crippen molar-refractivity contribution >= 4 is 17.4 Å². The Bertz CT molecular complexity index is 1500. The zero-order valence-electron chi connectivity index (χ0n) is 19.7. The molecule has 0 aliphatic carbocycles. The smallest absolute Gasteiger partial charge is 0.236 e. The topological polar surface area (TPSA) is 119 Å². The van der Waals surface area contributed by atoms with Gasteiger partial charge in [0.05, 0.1) is 18.9 Å². The van der Waals surface area contributed by atoms with Gasteiger partial charge in [0, 0.05) is 30.9 Å². The molecule has 9 nitrogen and oxygen atoms in total. The van der Waals surface area contributed by atoms with E-state index >= 15 is 4.39 Å². The molecule has 5 rings (SSSR count). The fourth-order valence-electron chi connectivity index (χ4n) is 4.43. The number of anilines is 1. The van der Waals surface area contributed by atoms with Gasteiger partial charge in [-0.15, -0.1) is 0 Å². The molecule has 0 bridgehead atoms. The molecule has 1 amide bonds. The van der Waals surface area contributed by atoms with Gasteiger partial charge >= 0.3 is 0 Å². The summed E-state index contributed by atoms with van der Waals surface area (Å²) in [4.78, 5) is 27.0. The largest absolute Gasteiger partial charge is 0.392 e. The van der Waals surface area contributed by atoms with Gasteiger partial charge in [-0.3, -0.25) is 9.20 Å². The second-order valence-corrected chi connectivity index (χ2v) is 8.79. The molecule has 1 aromatic carbocycles. The molecule has 3 aromatic heterocycles. The number of fused-ring (bicyclic) bond motifs is 1. The van der Waals surface area contributed by atoms with Crippen molar-refractivity contribution in [2.75, 3.05) is 18.4 Å². The number of amides is 1. The van der Waals surface area contributed by atoms with Gasteiger partial charge in [0.2, 0.25) is 5.91 Å². The molecule has 4 aromatic rings. The number of carbonyl (C=O) groups is 1. The second kappa shape index (κ2) is 10.3. The van der Waals surface area contributed by atoms with Crippen molar-refractivity contribution in [1.82, 2.24) is 24.3 Å². The van der Waals surface area contributed by atoms with Crippen molar-refractivity contribution in [1.29, 1.82) is 5.26 Å². The van der Waals surface area contributed by atoms with E-state index in [1.54, 1.807) is 29.2 Å². The van der Waals surface area contributed by atoms with Gasteiger partial charge in [-0.2, -0.15) is 5.26 Å². The third kappa shape index (κ3) is 4.96. The minimum Gasteiger partial charge on any atom is -0.392 e. The first-order valence-electron chi connectivity index (χ1n) is 11.8. The molecule has 4 heterocycles. The normalized spacial score (nSPS) is 15.5. The number of aliphatic hydroxyl groups excluding tert-OH is 1. The summed E-state index contributed by atoms with van der Waals surface area (Å²) in [6.07, 6.45) is 3.91. The van der Waals surface area contributed by atoms with Gasteiger partial charge < -0.3 is 15.3 Å². The zero-order chi connectivity index (χ0) is 25.9. The lowest BCUT2D eigenvalue weighted by atomic mass is 10.0. The van der Waals surface area contributed by atoms with Crippen LogP contribution in [-0.4, -0.2) is 54.4 Å². The number of halogens is 2. The van der Waals surface area contributed by atoms with Crippen LogP contribution in [0.15, 0.2) is 48.8 Å². The van der Waals surface area contributed by atoms with Crippen LogP contribution in [0.3, 0.4) is 0 Å². The molecule has 188 valence electrons. The lowest BCUT2D eigenvalue weighted by Crippen LogP contribution is -2.45. The quantitative estimate of drug-likeness (QED) is 0.413. The summed E-state index contributed by atoms with van der Waals surface area (Å²) in [5.41, 5.74) is 2.01. The highest BCUT2D eigenvalue weighted by molar-refractivity contribution is 5.78. The molecule has 37 heavy (non-hydrogen) atoms. The van der Waals surface area contributed by atoms with Gasteiger partial charge in [-0.05, 0) is 30.5 Å². The van der Waals surface area contributed by atoms with Gasteiger partial charge in [-0.1, -0.05) is 24.3 Å². The molecule has 0 spiro atoms. The number of nitriles is 1. The van der Waals surface area contributed by atoms with E-state index in [0.717, 1.165) is 0 Å². The first-order chi connectivity index (χ1) is 18.0. The summed E-state index contributed by atoms with van der Waals surface area (Å²) < 4.78 is 31.3. The van der Waals surface area contributed by atoms with Crippen LogP contribution in [0.4, 0.5) is 14.6 Å². The van der Waals surface area contributed by atoms with Crippen molar-refractivity contribution in [3.05, 3.63) is 66.0 Å². The third-order valence-electron chi connectivity index (χ3n) is 6.31. The number of pyridine rings is 1. The predicted molar refractivity (Wildman–Crippen MR) is 131 cm³/mol. The number of benzene rings is 1. The molecule has 2 N–H and O–H groups in total. The number of imidazole rings is 1. The molecule has 1 aliphatic heterocycles. The summed E-state index contributed by atoms with van der Waals surface area (Å²) in [7, 11) is 0. The van der Waals surface area contributed by atoms with E-state index in [1.165, 1.54) is 28.9 Å². The number of aliphatic hydroxyl groups is 1. The number of rotatable bonds is 6. The average molecular weight is 504 g/mol. The van der Waals surface area contributed by atoms with Crippen LogP contribution < -0.4 is 5.32 Å². The highest BCUT2D eigenvalue weighted by atomic mass is 19.1. The third-order valence-corrected chi connectivity index (χ3v) is 6.31. The highest BCUT2D eigenvalue weighted by Gasteiger charge is 2.26. The Balaban J connectivity index is 1.57. The van der Waals surface area contributed by atoms with Gasteiger partial charge in [0.25, 0.3) is 0 Å². The summed E-state index contributed by atoms with van der Waals surface area (Å²) >= 11 is 0. The standard InChI is InChI=1S/C26H23F2N7O2/c27-18-7-8-21-30-12-20(35(21)13-18)25-32-24(17-5-3-16(15-36)4-6-17)23(28)26(33-25)31-19-2-1-11-34(14-19)22(37)9-10-29/h3-8,12-13,19,36H,1-2,9,11,14-15H2,(H,31,32,33)/t19-/m1/s1. The van der Waals surface area contributed by atoms with Crippen molar-refractivity contribution in [3.63, 3.8) is 0 Å². The molecule has 1 saturated heterocycles. The average Bonchev–Trinajstić information content (AvgIpc) is 3.33. The molecule has 0 unspecified atom stereocenters. The molecular formula is C26H23F2N7O2. The number of nitrogens with zero attached hydrogens (tertiary/aromatic N) is 6. The highest BCUT2D eigenvalue weighted by Crippen LogP contribution is 2.30. The van der Waals surface area contributed by atoms with E-state index < -0.39 is 11.6 Å². The molecule has 11 heteroatoms. The van der Waals surface area contributed by atoms with E-state index in [2.05, 4.69) is 20.3 Å². The maximum absolute atomic E-state index is 15.8. The van der Waals surface area contributed by atoms with Gasteiger partial charge in [0.1, 0.15) is 29.3 Å². The summed E-state index contributed by atoms with van der Waals surface area (Å²) in [6, 6.07) is 11.0. The minimum absolute atomic E-state index is 0.0246. The van der Waals surface area contributed by atoms with E-state index in [4.69, 9.17) is 5.26 Å². The van der Waals surface area contributed by atoms with Crippen molar-refractivity contribution in [2.45, 2.75) is 31.9 Å². The number of carbonyl (C=O) groups excluding carboxylic acids is 1. The van der Waals surface area contributed by atoms with Crippen LogP contribution in [-0.2, 0) is 11.4 Å². The van der Waals surface area contributed by atoms with E-state index in [1.807, 2.05) is 6.07 Å². The lowest BCUT2D eigenvalue weighted by molar-refractivity contribution is -0.131. The Morgan fingerprint density at radius 2 is 2.00 bits per heavy atom. The molecular weight excluding hydrogens is 480 g/mol. The van der Waals surface area contributed by atoms with Crippen LogP contribution in [0.2, 0.25) is 0 Å². The SMILES string of the molecule is N#CCC(=O)N1CCC[C@@H](Nc2nc(-c3cnc4ccc(F)cn34)nc(-c3ccc(CO)cc3)c2F)C1. The van der Waals surface area contributed by atoms with Crippen LogP contribution >= 0.6 is 0 Å².